The van der Waals surface area contributed by atoms with Crippen molar-refractivity contribution in [1.29, 1.82) is 0 Å². The van der Waals surface area contributed by atoms with Crippen molar-refractivity contribution in [3.05, 3.63) is 58.9 Å². The summed E-state index contributed by atoms with van der Waals surface area (Å²) in [6.45, 7) is 6.81. The molecule has 156 valence electrons. The molecule has 30 heavy (non-hydrogen) atoms. The normalized spacial score (nSPS) is 16.7. The fraction of sp³-hybridized carbons (Fsp3) is 0.375. The standard InChI is InChI=1S/C24H28N4O2/c1-4-24(2,3)16-10-11-20-18(13-16)22(27-26-20)23(30)28-25-14-19-17-8-6-5-7-15(17)9-12-21(19)29/h5-9,12,14,16,29H,4,10-11,13H2,1-3H3,(H,26,27)(H,28,30)/b25-14+/t16-/m1/s1. The number of amides is 1. The maximum Gasteiger partial charge on any atom is 0.292 e. The predicted octanol–water partition coefficient (Wildman–Crippen LogP) is 4.57. The fourth-order valence-corrected chi connectivity index (χ4v) is 4.27. The lowest BCUT2D eigenvalue weighted by Gasteiger charge is -2.36. The van der Waals surface area contributed by atoms with Gasteiger partial charge in [-0.15, -0.1) is 0 Å². The molecule has 6 nitrogen and oxygen atoms in total. The van der Waals surface area contributed by atoms with E-state index in [9.17, 15) is 9.90 Å². The quantitative estimate of drug-likeness (QED) is 0.430. The molecular weight excluding hydrogens is 376 g/mol. The Morgan fingerprint density at radius 3 is 2.93 bits per heavy atom. The summed E-state index contributed by atoms with van der Waals surface area (Å²) in [7, 11) is 0. The van der Waals surface area contributed by atoms with Crippen LogP contribution < -0.4 is 5.43 Å². The summed E-state index contributed by atoms with van der Waals surface area (Å²) in [4.78, 5) is 12.8. The minimum Gasteiger partial charge on any atom is -0.507 e. The van der Waals surface area contributed by atoms with Gasteiger partial charge in [0.05, 0.1) is 6.21 Å². The van der Waals surface area contributed by atoms with E-state index in [4.69, 9.17) is 0 Å². The SMILES string of the molecule is CCC(C)(C)[C@@H]1CCc2[nH]nc(C(=O)N/N=C/c3c(O)ccc4ccccc34)c2C1. The van der Waals surface area contributed by atoms with Crippen LogP contribution in [0.15, 0.2) is 41.5 Å². The van der Waals surface area contributed by atoms with Crippen molar-refractivity contribution in [2.45, 2.75) is 46.5 Å². The van der Waals surface area contributed by atoms with Gasteiger partial charge in [-0.05, 0) is 47.4 Å². The van der Waals surface area contributed by atoms with E-state index in [1.807, 2.05) is 30.3 Å². The molecule has 1 aromatic heterocycles. The Morgan fingerprint density at radius 2 is 2.13 bits per heavy atom. The predicted molar refractivity (Wildman–Crippen MR) is 119 cm³/mol. The third-order valence-electron chi connectivity index (χ3n) is 6.69. The molecule has 0 saturated carbocycles. The summed E-state index contributed by atoms with van der Waals surface area (Å²) >= 11 is 0. The van der Waals surface area contributed by atoms with E-state index in [1.54, 1.807) is 6.07 Å². The van der Waals surface area contributed by atoms with Crippen molar-refractivity contribution in [3.63, 3.8) is 0 Å². The van der Waals surface area contributed by atoms with Crippen LogP contribution in [-0.2, 0) is 12.8 Å². The van der Waals surface area contributed by atoms with Crippen LogP contribution in [0.1, 0.15) is 60.9 Å². The van der Waals surface area contributed by atoms with E-state index in [-0.39, 0.29) is 17.1 Å². The van der Waals surface area contributed by atoms with E-state index < -0.39 is 0 Å². The molecule has 0 radical (unpaired) electrons. The number of aromatic amines is 1. The highest BCUT2D eigenvalue weighted by atomic mass is 16.3. The Bertz CT molecular complexity index is 1110. The summed E-state index contributed by atoms with van der Waals surface area (Å²) in [6, 6.07) is 11.2. The molecule has 0 aliphatic heterocycles. The van der Waals surface area contributed by atoms with Crippen LogP contribution in [0.4, 0.5) is 0 Å². The highest BCUT2D eigenvalue weighted by molar-refractivity contribution is 6.03. The Hall–Kier alpha value is -3.15. The van der Waals surface area contributed by atoms with Gasteiger partial charge in [-0.1, -0.05) is 57.5 Å². The molecule has 6 heteroatoms. The number of phenols is 1. The molecule has 0 bridgehead atoms. The third-order valence-corrected chi connectivity index (χ3v) is 6.69. The molecule has 1 amide bonds. The van der Waals surface area contributed by atoms with Gasteiger partial charge in [-0.3, -0.25) is 9.89 Å². The van der Waals surface area contributed by atoms with Crippen LogP contribution in [0.5, 0.6) is 5.75 Å². The van der Waals surface area contributed by atoms with E-state index in [1.165, 1.54) is 6.21 Å². The summed E-state index contributed by atoms with van der Waals surface area (Å²) < 4.78 is 0. The molecule has 0 spiro atoms. The largest absolute Gasteiger partial charge is 0.507 e. The molecule has 1 heterocycles. The molecule has 0 unspecified atom stereocenters. The zero-order chi connectivity index (χ0) is 21.3. The molecular formula is C24H28N4O2. The summed E-state index contributed by atoms with van der Waals surface area (Å²) in [5, 5.41) is 23.5. The summed E-state index contributed by atoms with van der Waals surface area (Å²) in [6.07, 6.45) is 5.46. The smallest absolute Gasteiger partial charge is 0.292 e. The number of carbonyl (C=O) groups excluding carboxylic acids is 1. The lowest BCUT2D eigenvalue weighted by molar-refractivity contribution is 0.0947. The van der Waals surface area contributed by atoms with Crippen molar-refractivity contribution >= 4 is 22.9 Å². The first-order valence-electron chi connectivity index (χ1n) is 10.5. The van der Waals surface area contributed by atoms with Crippen LogP contribution >= 0.6 is 0 Å². The van der Waals surface area contributed by atoms with Crippen molar-refractivity contribution in [2.75, 3.05) is 0 Å². The first-order valence-corrected chi connectivity index (χ1v) is 10.5. The number of aromatic nitrogens is 2. The zero-order valence-corrected chi connectivity index (χ0v) is 17.7. The van der Waals surface area contributed by atoms with Gasteiger partial charge >= 0.3 is 0 Å². The zero-order valence-electron chi connectivity index (χ0n) is 17.7. The van der Waals surface area contributed by atoms with E-state index in [0.717, 1.165) is 47.7 Å². The number of rotatable bonds is 5. The van der Waals surface area contributed by atoms with Gasteiger partial charge in [0.25, 0.3) is 5.91 Å². The number of hydrogen-bond acceptors (Lipinski definition) is 4. The molecule has 1 aliphatic rings. The van der Waals surface area contributed by atoms with E-state index in [2.05, 4.69) is 41.5 Å². The number of aryl methyl sites for hydroxylation is 1. The number of fused-ring (bicyclic) bond motifs is 2. The highest BCUT2D eigenvalue weighted by Crippen LogP contribution is 2.40. The third kappa shape index (κ3) is 3.70. The van der Waals surface area contributed by atoms with Gasteiger partial charge in [0.2, 0.25) is 0 Å². The van der Waals surface area contributed by atoms with Crippen molar-refractivity contribution < 1.29 is 9.90 Å². The lowest BCUT2D eigenvalue weighted by Crippen LogP contribution is -2.30. The maximum atomic E-state index is 12.8. The maximum absolute atomic E-state index is 12.8. The minimum absolute atomic E-state index is 0.119. The Kier molecular flexibility index (Phi) is 5.33. The number of phenolic OH excluding ortho intramolecular Hbond substituents is 1. The number of nitrogens with one attached hydrogen (secondary N) is 2. The van der Waals surface area contributed by atoms with Crippen LogP contribution in [0.25, 0.3) is 10.8 Å². The molecule has 2 aromatic carbocycles. The number of hydrogen-bond donors (Lipinski definition) is 3. The van der Waals surface area contributed by atoms with Gasteiger partial charge < -0.3 is 5.11 Å². The minimum atomic E-state index is -0.335. The number of carbonyl (C=O) groups is 1. The van der Waals surface area contributed by atoms with Crippen molar-refractivity contribution in [3.8, 4) is 5.75 Å². The van der Waals surface area contributed by atoms with Gasteiger partial charge in [0.15, 0.2) is 5.69 Å². The Balaban J connectivity index is 1.53. The average Bonchev–Trinajstić information content (AvgIpc) is 3.18. The van der Waals surface area contributed by atoms with Crippen LogP contribution in [0.2, 0.25) is 0 Å². The fourth-order valence-electron chi connectivity index (χ4n) is 4.27. The second-order valence-corrected chi connectivity index (χ2v) is 8.73. The van der Waals surface area contributed by atoms with E-state index >= 15 is 0 Å². The molecule has 3 N–H and O–H groups in total. The van der Waals surface area contributed by atoms with Gasteiger partial charge in [-0.25, -0.2) is 5.43 Å². The van der Waals surface area contributed by atoms with E-state index in [0.29, 0.717) is 17.2 Å². The first kappa shape index (κ1) is 20.1. The number of aromatic hydroxyl groups is 1. The molecule has 1 atom stereocenters. The lowest BCUT2D eigenvalue weighted by atomic mass is 9.69. The summed E-state index contributed by atoms with van der Waals surface area (Å²) in [5.74, 6) is 0.308. The number of nitrogens with zero attached hydrogens (tertiary/aromatic N) is 2. The average molecular weight is 405 g/mol. The summed E-state index contributed by atoms with van der Waals surface area (Å²) in [5.41, 5.74) is 5.86. The Morgan fingerprint density at radius 1 is 1.33 bits per heavy atom. The van der Waals surface area contributed by atoms with Gasteiger partial charge in [0.1, 0.15) is 5.75 Å². The number of H-pyrrole nitrogens is 1. The Labute approximate surface area is 176 Å². The molecule has 3 aromatic rings. The van der Waals surface area contributed by atoms with Gasteiger partial charge in [-0.2, -0.15) is 10.2 Å². The van der Waals surface area contributed by atoms with Crippen LogP contribution in [0.3, 0.4) is 0 Å². The van der Waals surface area contributed by atoms with Crippen molar-refractivity contribution in [1.82, 2.24) is 15.6 Å². The first-order chi connectivity index (χ1) is 14.4. The molecule has 1 aliphatic carbocycles. The molecule has 0 fully saturated rings. The van der Waals surface area contributed by atoms with Crippen LogP contribution in [-0.4, -0.2) is 27.4 Å². The topological polar surface area (TPSA) is 90.4 Å². The second-order valence-electron chi connectivity index (χ2n) is 8.73. The molecule has 0 saturated heterocycles. The molecule has 4 rings (SSSR count). The van der Waals surface area contributed by atoms with Crippen LogP contribution in [0, 0.1) is 11.3 Å². The number of hydrazone groups is 1. The van der Waals surface area contributed by atoms with Gasteiger partial charge in [0, 0.05) is 16.8 Å². The second kappa shape index (κ2) is 7.94. The monoisotopic (exact) mass is 404 g/mol. The number of benzene rings is 2. The van der Waals surface area contributed by atoms with Crippen molar-refractivity contribution in [2.24, 2.45) is 16.4 Å². The highest BCUT2D eigenvalue weighted by Gasteiger charge is 2.34.